The highest BCUT2D eigenvalue weighted by atomic mass is 35.5. The van der Waals surface area contributed by atoms with Crippen LogP contribution in [0.3, 0.4) is 0 Å². The molecule has 0 aromatic carbocycles. The van der Waals surface area contributed by atoms with E-state index in [2.05, 4.69) is 15.6 Å². The zero-order chi connectivity index (χ0) is 10.0. The third-order valence-electron chi connectivity index (χ3n) is 1.79. The lowest BCUT2D eigenvalue weighted by Gasteiger charge is -2.15. The van der Waals surface area contributed by atoms with Crippen LogP contribution >= 0.6 is 11.6 Å². The molecule has 1 rings (SSSR count). The molecule has 5 heteroatoms. The molecule has 0 fully saturated rings. The Morgan fingerprint density at radius 2 is 1.77 bits per heavy atom. The van der Waals surface area contributed by atoms with Crippen LogP contribution in [-0.2, 0) is 0 Å². The topological polar surface area (TPSA) is 41.1 Å². The maximum atomic E-state index is 5.81. The average molecular weight is 201 g/mol. The molecule has 0 radical (unpaired) electrons. The van der Waals surface area contributed by atoms with Gasteiger partial charge in [-0.25, -0.2) is 5.01 Å². The highest BCUT2D eigenvalue weighted by Gasteiger charge is 2.07. The monoisotopic (exact) mass is 200 g/mol. The summed E-state index contributed by atoms with van der Waals surface area (Å²) in [6.07, 6.45) is 0. The highest BCUT2D eigenvalue weighted by molar-refractivity contribution is 6.30. The van der Waals surface area contributed by atoms with Crippen LogP contribution < -0.4 is 5.43 Å². The predicted molar refractivity (Wildman–Crippen MR) is 53.8 cm³/mol. The van der Waals surface area contributed by atoms with Gasteiger partial charge in [0.2, 0.25) is 0 Å². The molecule has 0 aliphatic carbocycles. The number of hydrogen-bond donors (Lipinski definition) is 1. The number of nitrogens with zero attached hydrogens (tertiary/aromatic N) is 3. The Labute approximate surface area is 82.9 Å². The largest absolute Gasteiger partial charge is 0.302 e. The molecule has 13 heavy (non-hydrogen) atoms. The molecule has 0 aliphatic rings. The van der Waals surface area contributed by atoms with Crippen LogP contribution in [0.4, 0.5) is 5.82 Å². The predicted octanol–water partition coefficient (Wildman–Crippen LogP) is 1.64. The molecule has 0 saturated heterocycles. The molecule has 0 atom stereocenters. The standard InChI is InChI=1S/C8H13ClN4/c1-5-6(2)8(12-13(3)4)11-10-7(5)9/h1-4H3,(H,11,12). The third-order valence-corrected chi connectivity index (χ3v) is 2.15. The fraction of sp³-hybridized carbons (Fsp3) is 0.500. The summed E-state index contributed by atoms with van der Waals surface area (Å²) in [5.74, 6) is 0.743. The van der Waals surface area contributed by atoms with Gasteiger partial charge in [0.1, 0.15) is 0 Å². The zero-order valence-electron chi connectivity index (χ0n) is 8.22. The number of anilines is 1. The van der Waals surface area contributed by atoms with Crippen molar-refractivity contribution < 1.29 is 0 Å². The molecule has 0 saturated carbocycles. The Kier molecular flexibility index (Phi) is 3.06. The van der Waals surface area contributed by atoms with Gasteiger partial charge in [0, 0.05) is 19.7 Å². The fourth-order valence-corrected chi connectivity index (χ4v) is 1.07. The minimum absolute atomic E-state index is 0.460. The summed E-state index contributed by atoms with van der Waals surface area (Å²) in [7, 11) is 3.79. The number of nitrogens with one attached hydrogen (secondary N) is 1. The SMILES string of the molecule is Cc1c(Cl)nnc(NN(C)C)c1C. The molecule has 1 aromatic heterocycles. The summed E-state index contributed by atoms with van der Waals surface area (Å²) in [5.41, 5.74) is 5.02. The molecule has 4 nitrogen and oxygen atoms in total. The molecule has 0 aliphatic heterocycles. The van der Waals surface area contributed by atoms with Gasteiger partial charge in [0.05, 0.1) is 0 Å². The van der Waals surface area contributed by atoms with Gasteiger partial charge in [0.15, 0.2) is 11.0 Å². The molecule has 1 N–H and O–H groups in total. The quantitative estimate of drug-likeness (QED) is 0.737. The average Bonchev–Trinajstić information content (AvgIpc) is 2.06. The van der Waals surface area contributed by atoms with Crippen LogP contribution in [-0.4, -0.2) is 29.3 Å². The van der Waals surface area contributed by atoms with Crippen molar-refractivity contribution >= 4 is 17.4 Å². The maximum absolute atomic E-state index is 5.81. The van der Waals surface area contributed by atoms with E-state index in [0.717, 1.165) is 16.9 Å². The fourth-order valence-electron chi connectivity index (χ4n) is 0.894. The summed E-state index contributed by atoms with van der Waals surface area (Å²) in [6, 6.07) is 0. The minimum atomic E-state index is 0.460. The van der Waals surface area contributed by atoms with Crippen molar-refractivity contribution in [3.8, 4) is 0 Å². The molecule has 1 aromatic rings. The van der Waals surface area contributed by atoms with E-state index in [1.807, 2.05) is 33.0 Å². The van der Waals surface area contributed by atoms with E-state index < -0.39 is 0 Å². The van der Waals surface area contributed by atoms with Crippen molar-refractivity contribution in [2.45, 2.75) is 13.8 Å². The Balaban J connectivity index is 3.04. The van der Waals surface area contributed by atoms with Crippen molar-refractivity contribution in [1.82, 2.24) is 15.2 Å². The summed E-state index contributed by atoms with van der Waals surface area (Å²) in [6.45, 7) is 3.88. The summed E-state index contributed by atoms with van der Waals surface area (Å²) in [5, 5.41) is 10.0. The van der Waals surface area contributed by atoms with Crippen molar-refractivity contribution in [2.75, 3.05) is 19.5 Å². The Hall–Kier alpha value is -0.870. The van der Waals surface area contributed by atoms with Crippen LogP contribution in [0.1, 0.15) is 11.1 Å². The first-order valence-corrected chi connectivity index (χ1v) is 4.33. The smallest absolute Gasteiger partial charge is 0.166 e. The first-order chi connectivity index (χ1) is 6.02. The Bertz CT molecular complexity index is 311. The van der Waals surface area contributed by atoms with Crippen LogP contribution in [0.15, 0.2) is 0 Å². The number of rotatable bonds is 2. The summed E-state index contributed by atoms with van der Waals surface area (Å²) >= 11 is 5.81. The van der Waals surface area contributed by atoms with Crippen molar-refractivity contribution in [3.05, 3.63) is 16.3 Å². The number of hydrazine groups is 1. The number of aromatic nitrogens is 2. The molecule has 0 amide bonds. The minimum Gasteiger partial charge on any atom is -0.302 e. The van der Waals surface area contributed by atoms with Gasteiger partial charge in [-0.15, -0.1) is 10.2 Å². The van der Waals surface area contributed by atoms with E-state index >= 15 is 0 Å². The van der Waals surface area contributed by atoms with E-state index in [0.29, 0.717) is 5.15 Å². The second-order valence-electron chi connectivity index (χ2n) is 3.10. The lowest BCUT2D eigenvalue weighted by atomic mass is 10.2. The van der Waals surface area contributed by atoms with Crippen LogP contribution in [0.5, 0.6) is 0 Å². The molecule has 72 valence electrons. The van der Waals surface area contributed by atoms with Gasteiger partial charge in [-0.3, -0.25) is 0 Å². The molecular weight excluding hydrogens is 188 g/mol. The molecule has 1 heterocycles. The van der Waals surface area contributed by atoms with Gasteiger partial charge in [0.25, 0.3) is 0 Å². The molecule has 0 unspecified atom stereocenters. The molecular formula is C8H13ClN4. The number of halogens is 1. The van der Waals surface area contributed by atoms with Crippen LogP contribution in [0.2, 0.25) is 5.15 Å². The second kappa shape index (κ2) is 3.89. The molecule has 0 bridgehead atoms. The van der Waals surface area contributed by atoms with Crippen molar-refractivity contribution in [1.29, 1.82) is 0 Å². The van der Waals surface area contributed by atoms with Crippen molar-refractivity contribution in [2.24, 2.45) is 0 Å². The number of hydrogen-bond acceptors (Lipinski definition) is 4. The van der Waals surface area contributed by atoms with E-state index in [9.17, 15) is 0 Å². The van der Waals surface area contributed by atoms with Gasteiger partial charge in [-0.1, -0.05) is 11.6 Å². The summed E-state index contributed by atoms with van der Waals surface area (Å²) in [4.78, 5) is 0. The van der Waals surface area contributed by atoms with Gasteiger partial charge in [-0.2, -0.15) is 0 Å². The van der Waals surface area contributed by atoms with E-state index in [4.69, 9.17) is 11.6 Å². The Morgan fingerprint density at radius 3 is 2.31 bits per heavy atom. The Morgan fingerprint density at radius 1 is 1.15 bits per heavy atom. The third kappa shape index (κ3) is 2.29. The van der Waals surface area contributed by atoms with E-state index in [1.54, 1.807) is 0 Å². The van der Waals surface area contributed by atoms with Crippen LogP contribution in [0, 0.1) is 13.8 Å². The summed E-state index contributed by atoms with van der Waals surface area (Å²) < 4.78 is 0. The lowest BCUT2D eigenvalue weighted by Crippen LogP contribution is -2.21. The maximum Gasteiger partial charge on any atom is 0.166 e. The zero-order valence-corrected chi connectivity index (χ0v) is 8.98. The first-order valence-electron chi connectivity index (χ1n) is 3.95. The lowest BCUT2D eigenvalue weighted by molar-refractivity contribution is 0.490. The van der Waals surface area contributed by atoms with E-state index in [1.165, 1.54) is 0 Å². The van der Waals surface area contributed by atoms with E-state index in [-0.39, 0.29) is 0 Å². The normalized spacial score (nSPS) is 10.6. The van der Waals surface area contributed by atoms with Crippen LogP contribution in [0.25, 0.3) is 0 Å². The van der Waals surface area contributed by atoms with Gasteiger partial charge < -0.3 is 5.43 Å². The van der Waals surface area contributed by atoms with Gasteiger partial charge in [-0.05, 0) is 19.4 Å². The molecule has 0 spiro atoms. The first kappa shape index (κ1) is 10.2. The van der Waals surface area contributed by atoms with Crippen molar-refractivity contribution in [3.63, 3.8) is 0 Å². The van der Waals surface area contributed by atoms with Gasteiger partial charge >= 0.3 is 0 Å². The second-order valence-corrected chi connectivity index (χ2v) is 3.45. The highest BCUT2D eigenvalue weighted by Crippen LogP contribution is 2.20.